The summed E-state index contributed by atoms with van der Waals surface area (Å²) in [5, 5.41) is 11.5. The van der Waals surface area contributed by atoms with Crippen molar-refractivity contribution in [2.24, 2.45) is 0 Å². The molecule has 1 saturated heterocycles. The third-order valence-corrected chi connectivity index (χ3v) is 4.76. The zero-order valence-corrected chi connectivity index (χ0v) is 11.9. The lowest BCUT2D eigenvalue weighted by Gasteiger charge is -2.26. The highest BCUT2D eigenvalue weighted by molar-refractivity contribution is 7.89. The average Bonchev–Trinajstić information content (AvgIpc) is 3.13. The first-order valence-electron chi connectivity index (χ1n) is 6.76. The number of hydrogen-bond donors (Lipinski definition) is 3. The maximum absolute atomic E-state index is 12.4. The monoisotopic (exact) mass is 301 g/mol. The first-order valence-corrected chi connectivity index (χ1v) is 8.24. The third kappa shape index (κ3) is 3.36. The lowest BCUT2D eigenvalue weighted by Crippen LogP contribution is -2.48. The van der Waals surface area contributed by atoms with Gasteiger partial charge in [0.1, 0.15) is 0 Å². The van der Waals surface area contributed by atoms with Crippen LogP contribution in [0.25, 0.3) is 0 Å². The van der Waals surface area contributed by atoms with E-state index >= 15 is 0 Å². The molecule has 0 atom stereocenters. The molecule has 0 bridgehead atoms. The van der Waals surface area contributed by atoms with Crippen LogP contribution < -0.4 is 10.1 Å². The number of hydrazine groups is 1. The minimum absolute atomic E-state index is 0.136. The van der Waals surface area contributed by atoms with Gasteiger partial charge in [0.2, 0.25) is 0 Å². The number of morpholine rings is 1. The minimum atomic E-state index is -3.61. The van der Waals surface area contributed by atoms with E-state index in [1.807, 2.05) is 0 Å². The van der Waals surface area contributed by atoms with Gasteiger partial charge < -0.3 is 10.1 Å². The van der Waals surface area contributed by atoms with Crippen molar-refractivity contribution in [2.45, 2.75) is 30.5 Å². The topological polar surface area (TPSA) is 99.4 Å². The van der Waals surface area contributed by atoms with Gasteiger partial charge in [-0.2, -0.15) is 5.10 Å². The fourth-order valence-electron chi connectivity index (χ4n) is 2.07. The van der Waals surface area contributed by atoms with Crippen LogP contribution in [0.2, 0.25) is 0 Å². The summed E-state index contributed by atoms with van der Waals surface area (Å²) in [6.07, 6.45) is 3.88. The van der Waals surface area contributed by atoms with E-state index < -0.39 is 10.0 Å². The molecule has 1 saturated carbocycles. The van der Waals surface area contributed by atoms with E-state index in [1.165, 1.54) is 0 Å². The second-order valence-corrected chi connectivity index (χ2v) is 6.67. The van der Waals surface area contributed by atoms with Gasteiger partial charge >= 0.3 is 0 Å². The number of rotatable bonds is 6. The number of aromatic amines is 1. The molecule has 2 aliphatic rings. The summed E-state index contributed by atoms with van der Waals surface area (Å²) in [6, 6.07) is 0.521. The van der Waals surface area contributed by atoms with E-state index in [0.717, 1.165) is 12.8 Å². The molecule has 1 aromatic heterocycles. The standard InChI is InChI=1S/C11H19N5O3S/c17-20(18,15-16-3-5-19-6-4-16)11-9(8-13-14-11)7-12-10-1-2-10/h8,10,12,15H,1-7H2,(H,13,14). The van der Waals surface area contributed by atoms with Crippen molar-refractivity contribution < 1.29 is 13.2 Å². The summed E-state index contributed by atoms with van der Waals surface area (Å²) in [5.74, 6) is 0. The predicted molar refractivity (Wildman–Crippen MR) is 71.2 cm³/mol. The minimum Gasteiger partial charge on any atom is -0.379 e. The van der Waals surface area contributed by atoms with Crippen LogP contribution in [0, 0.1) is 0 Å². The van der Waals surface area contributed by atoms with E-state index in [9.17, 15) is 8.42 Å². The molecule has 3 rings (SSSR count). The highest BCUT2D eigenvalue weighted by Gasteiger charge is 2.26. The maximum atomic E-state index is 12.4. The van der Waals surface area contributed by atoms with Gasteiger partial charge in [0, 0.05) is 31.2 Å². The smallest absolute Gasteiger partial charge is 0.270 e. The molecule has 2 fully saturated rings. The van der Waals surface area contributed by atoms with Gasteiger partial charge in [0.25, 0.3) is 10.0 Å². The maximum Gasteiger partial charge on any atom is 0.270 e. The van der Waals surface area contributed by atoms with Crippen molar-refractivity contribution >= 4 is 10.0 Å². The van der Waals surface area contributed by atoms with Crippen LogP contribution in [0.15, 0.2) is 11.2 Å². The summed E-state index contributed by atoms with van der Waals surface area (Å²) >= 11 is 0. The molecule has 0 amide bonds. The second kappa shape index (κ2) is 5.78. The molecular formula is C11H19N5O3S. The number of nitrogens with zero attached hydrogens (tertiary/aromatic N) is 2. The number of sulfonamides is 1. The predicted octanol–water partition coefficient (Wildman–Crippen LogP) is -0.813. The number of H-pyrrole nitrogens is 1. The van der Waals surface area contributed by atoms with Crippen molar-refractivity contribution in [2.75, 3.05) is 26.3 Å². The molecule has 1 aliphatic carbocycles. The van der Waals surface area contributed by atoms with Crippen molar-refractivity contribution in [3.05, 3.63) is 11.8 Å². The fraction of sp³-hybridized carbons (Fsp3) is 0.727. The zero-order valence-electron chi connectivity index (χ0n) is 11.1. The molecular weight excluding hydrogens is 282 g/mol. The van der Waals surface area contributed by atoms with Gasteiger partial charge in [-0.1, -0.05) is 0 Å². The molecule has 1 aliphatic heterocycles. The number of nitrogens with one attached hydrogen (secondary N) is 3. The molecule has 2 heterocycles. The molecule has 0 unspecified atom stereocenters. The lowest BCUT2D eigenvalue weighted by atomic mass is 10.3. The highest BCUT2D eigenvalue weighted by atomic mass is 32.2. The molecule has 0 radical (unpaired) electrons. The summed E-state index contributed by atoms with van der Waals surface area (Å²) in [5.41, 5.74) is 0.664. The first-order chi connectivity index (χ1) is 9.65. The van der Waals surface area contributed by atoms with E-state index in [0.29, 0.717) is 44.5 Å². The molecule has 20 heavy (non-hydrogen) atoms. The number of hydrogen-bond acceptors (Lipinski definition) is 6. The van der Waals surface area contributed by atoms with Crippen LogP contribution in [-0.4, -0.2) is 56.0 Å². The molecule has 8 nitrogen and oxygen atoms in total. The Balaban J connectivity index is 1.67. The van der Waals surface area contributed by atoms with E-state index in [4.69, 9.17) is 4.74 Å². The Morgan fingerprint density at radius 3 is 2.85 bits per heavy atom. The van der Waals surface area contributed by atoms with Gasteiger partial charge in [-0.25, -0.2) is 13.4 Å². The van der Waals surface area contributed by atoms with E-state index in [2.05, 4.69) is 20.3 Å². The Hall–Kier alpha value is -1.00. The summed E-state index contributed by atoms with van der Waals surface area (Å²) in [7, 11) is -3.61. The molecule has 0 spiro atoms. The van der Waals surface area contributed by atoms with E-state index in [-0.39, 0.29) is 5.03 Å². The van der Waals surface area contributed by atoms with Crippen molar-refractivity contribution in [3.63, 3.8) is 0 Å². The van der Waals surface area contributed by atoms with Gasteiger partial charge in [0.05, 0.1) is 19.4 Å². The number of aromatic nitrogens is 2. The van der Waals surface area contributed by atoms with Crippen LogP contribution in [0.1, 0.15) is 18.4 Å². The third-order valence-electron chi connectivity index (χ3n) is 3.37. The van der Waals surface area contributed by atoms with Crippen LogP contribution in [0.5, 0.6) is 0 Å². The van der Waals surface area contributed by atoms with Gasteiger partial charge in [-0.05, 0) is 12.8 Å². The summed E-state index contributed by atoms with van der Waals surface area (Å²) < 4.78 is 29.9. The van der Waals surface area contributed by atoms with Crippen molar-refractivity contribution in [1.82, 2.24) is 25.4 Å². The number of ether oxygens (including phenoxy) is 1. The molecule has 3 N–H and O–H groups in total. The van der Waals surface area contributed by atoms with Crippen molar-refractivity contribution in [1.29, 1.82) is 0 Å². The molecule has 0 aromatic carbocycles. The summed E-state index contributed by atoms with van der Waals surface area (Å²) in [6.45, 7) is 2.66. The van der Waals surface area contributed by atoms with Crippen LogP contribution >= 0.6 is 0 Å². The van der Waals surface area contributed by atoms with Gasteiger partial charge in [0.15, 0.2) is 5.03 Å². The highest BCUT2D eigenvalue weighted by Crippen LogP contribution is 2.20. The first kappa shape index (κ1) is 14.0. The Morgan fingerprint density at radius 1 is 1.40 bits per heavy atom. The quantitative estimate of drug-likeness (QED) is 0.635. The zero-order chi connectivity index (χ0) is 14.0. The van der Waals surface area contributed by atoms with Crippen LogP contribution in [0.4, 0.5) is 0 Å². The Kier molecular flexibility index (Phi) is 4.03. The van der Waals surface area contributed by atoms with Crippen LogP contribution in [-0.2, 0) is 21.3 Å². The second-order valence-electron chi connectivity index (χ2n) is 5.07. The molecule has 1 aromatic rings. The van der Waals surface area contributed by atoms with Gasteiger partial charge in [-0.3, -0.25) is 5.10 Å². The fourth-order valence-corrected chi connectivity index (χ4v) is 3.33. The Morgan fingerprint density at radius 2 is 2.15 bits per heavy atom. The largest absolute Gasteiger partial charge is 0.379 e. The van der Waals surface area contributed by atoms with Crippen LogP contribution in [0.3, 0.4) is 0 Å². The summed E-state index contributed by atoms with van der Waals surface area (Å²) in [4.78, 5) is 2.57. The Bertz CT molecular complexity index is 548. The SMILES string of the molecule is O=S(=O)(NN1CCOCC1)c1[nH]ncc1CNC1CC1. The average molecular weight is 301 g/mol. The molecule has 9 heteroatoms. The van der Waals surface area contributed by atoms with E-state index in [1.54, 1.807) is 11.2 Å². The van der Waals surface area contributed by atoms with Crippen molar-refractivity contribution in [3.8, 4) is 0 Å². The van der Waals surface area contributed by atoms with Gasteiger partial charge in [-0.15, -0.1) is 4.83 Å². The Labute approximate surface area is 117 Å². The lowest BCUT2D eigenvalue weighted by molar-refractivity contribution is 0.0272. The normalized spacial score (nSPS) is 21.2. The molecule has 112 valence electrons.